The van der Waals surface area contributed by atoms with Crippen molar-refractivity contribution in [1.82, 2.24) is 0 Å². The fraction of sp³-hybridized carbons (Fsp3) is 0.364. The molecular formula is C11H12O4S. The molecule has 2 rings (SSSR count). The Morgan fingerprint density at radius 1 is 1.50 bits per heavy atom. The Bertz CT molecular complexity index is 354. The lowest BCUT2D eigenvalue weighted by atomic mass is 10.2. The van der Waals surface area contributed by atoms with Gasteiger partial charge >= 0.3 is 5.97 Å². The predicted molar refractivity (Wildman–Crippen MR) is 60.1 cm³/mol. The van der Waals surface area contributed by atoms with E-state index in [1.807, 2.05) is 6.07 Å². The summed E-state index contributed by atoms with van der Waals surface area (Å²) in [5.41, 5.74) is 0.258. The van der Waals surface area contributed by atoms with Crippen LogP contribution in [0.2, 0.25) is 0 Å². The molecule has 0 aliphatic carbocycles. The van der Waals surface area contributed by atoms with Crippen LogP contribution in [0.4, 0.5) is 0 Å². The van der Waals surface area contributed by atoms with Gasteiger partial charge < -0.3 is 14.6 Å². The summed E-state index contributed by atoms with van der Waals surface area (Å²) in [5.74, 6) is 0.152. The highest BCUT2D eigenvalue weighted by Gasteiger charge is 2.25. The van der Waals surface area contributed by atoms with E-state index < -0.39 is 6.29 Å². The maximum Gasteiger partial charge on any atom is 0.338 e. The number of aliphatic hydroxyl groups is 1. The minimum Gasteiger partial charge on any atom is -0.458 e. The first-order chi connectivity index (χ1) is 7.75. The summed E-state index contributed by atoms with van der Waals surface area (Å²) in [6.45, 7) is 0.162. The van der Waals surface area contributed by atoms with Crippen LogP contribution in [0.5, 0.6) is 0 Å². The number of ether oxygens (including phenoxy) is 2. The molecule has 1 heterocycles. The maximum atomic E-state index is 11.5. The van der Waals surface area contributed by atoms with Crippen LogP contribution >= 0.6 is 11.8 Å². The van der Waals surface area contributed by atoms with E-state index in [1.54, 1.807) is 24.3 Å². The lowest BCUT2D eigenvalue weighted by Gasteiger charge is -2.10. The first-order valence-corrected chi connectivity index (χ1v) is 5.98. The lowest BCUT2D eigenvalue weighted by molar-refractivity contribution is -0.0918. The fourth-order valence-corrected chi connectivity index (χ4v) is 2.16. The number of carbonyl (C=O) groups is 1. The van der Waals surface area contributed by atoms with Gasteiger partial charge in [-0.25, -0.2) is 4.79 Å². The van der Waals surface area contributed by atoms with Crippen molar-refractivity contribution in [3.05, 3.63) is 35.9 Å². The Morgan fingerprint density at radius 2 is 2.25 bits per heavy atom. The molecule has 1 aliphatic rings. The summed E-state index contributed by atoms with van der Waals surface area (Å²) < 4.78 is 10.2. The Kier molecular flexibility index (Phi) is 3.82. The van der Waals surface area contributed by atoms with Crippen LogP contribution < -0.4 is 0 Å². The topological polar surface area (TPSA) is 55.8 Å². The van der Waals surface area contributed by atoms with Gasteiger partial charge in [-0.05, 0) is 12.1 Å². The number of esters is 1. The number of carbonyl (C=O) groups excluding carboxylic acids is 1. The molecule has 0 radical (unpaired) electrons. The Balaban J connectivity index is 1.80. The first kappa shape index (κ1) is 11.4. The number of thioether (sulfide) groups is 1. The summed E-state index contributed by atoms with van der Waals surface area (Å²) >= 11 is 1.44. The van der Waals surface area contributed by atoms with E-state index in [1.165, 1.54) is 11.8 Å². The van der Waals surface area contributed by atoms with Crippen LogP contribution in [0.15, 0.2) is 30.3 Å². The molecule has 1 saturated heterocycles. The molecule has 4 nitrogen and oxygen atoms in total. The quantitative estimate of drug-likeness (QED) is 0.806. The standard InChI is InChI=1S/C11H12O4S/c12-9-7-16-10(15-9)6-14-11(13)8-4-2-1-3-5-8/h1-5,9-10,12H,6-7H2/t9-,10-/m1/s1. The second-order valence-corrected chi connectivity index (χ2v) is 4.51. The number of rotatable bonds is 3. The van der Waals surface area contributed by atoms with Crippen LogP contribution in [-0.2, 0) is 9.47 Å². The third-order valence-corrected chi connectivity index (χ3v) is 3.19. The molecule has 0 bridgehead atoms. The van der Waals surface area contributed by atoms with E-state index in [-0.39, 0.29) is 18.0 Å². The van der Waals surface area contributed by atoms with E-state index in [2.05, 4.69) is 0 Å². The van der Waals surface area contributed by atoms with E-state index in [0.717, 1.165) is 0 Å². The van der Waals surface area contributed by atoms with Crippen LogP contribution in [0.3, 0.4) is 0 Å². The third kappa shape index (κ3) is 2.98. The van der Waals surface area contributed by atoms with Gasteiger partial charge in [0.15, 0.2) is 6.29 Å². The van der Waals surface area contributed by atoms with E-state index >= 15 is 0 Å². The van der Waals surface area contributed by atoms with Crippen molar-refractivity contribution in [2.45, 2.75) is 11.7 Å². The zero-order valence-corrected chi connectivity index (χ0v) is 9.35. The third-order valence-electron chi connectivity index (χ3n) is 2.09. The molecule has 0 amide bonds. The summed E-state index contributed by atoms with van der Waals surface area (Å²) in [7, 11) is 0. The normalized spacial score (nSPS) is 24.3. The average Bonchev–Trinajstić information content (AvgIpc) is 2.73. The van der Waals surface area contributed by atoms with Gasteiger partial charge in [-0.1, -0.05) is 18.2 Å². The molecule has 1 aliphatic heterocycles. The molecular weight excluding hydrogens is 228 g/mol. The van der Waals surface area contributed by atoms with E-state index in [4.69, 9.17) is 14.6 Å². The minimum atomic E-state index is -0.745. The van der Waals surface area contributed by atoms with Gasteiger partial charge in [0.05, 0.1) is 5.56 Å². The molecule has 1 fully saturated rings. The van der Waals surface area contributed by atoms with Crippen molar-refractivity contribution in [1.29, 1.82) is 0 Å². The molecule has 1 N–H and O–H groups in total. The maximum absolute atomic E-state index is 11.5. The van der Waals surface area contributed by atoms with Crippen LogP contribution in [0.1, 0.15) is 10.4 Å². The van der Waals surface area contributed by atoms with E-state index in [9.17, 15) is 4.79 Å². The van der Waals surface area contributed by atoms with E-state index in [0.29, 0.717) is 11.3 Å². The monoisotopic (exact) mass is 240 g/mol. The van der Waals surface area contributed by atoms with Gasteiger partial charge in [0.2, 0.25) is 0 Å². The average molecular weight is 240 g/mol. The zero-order valence-electron chi connectivity index (χ0n) is 8.54. The molecule has 5 heteroatoms. The van der Waals surface area contributed by atoms with Gasteiger partial charge in [0.25, 0.3) is 0 Å². The van der Waals surface area contributed by atoms with Gasteiger partial charge in [-0.15, -0.1) is 11.8 Å². The van der Waals surface area contributed by atoms with Crippen LogP contribution in [0.25, 0.3) is 0 Å². The number of aliphatic hydroxyl groups excluding tert-OH is 1. The summed E-state index contributed by atoms with van der Waals surface area (Å²) in [4.78, 5) is 11.5. The number of hydrogen-bond acceptors (Lipinski definition) is 5. The smallest absolute Gasteiger partial charge is 0.338 e. The fourth-order valence-electron chi connectivity index (χ4n) is 1.33. The highest BCUT2D eigenvalue weighted by atomic mass is 32.2. The molecule has 16 heavy (non-hydrogen) atoms. The molecule has 1 aromatic carbocycles. The number of hydrogen-bond donors (Lipinski definition) is 1. The first-order valence-electron chi connectivity index (χ1n) is 4.93. The lowest BCUT2D eigenvalue weighted by Crippen LogP contribution is -2.18. The molecule has 86 valence electrons. The van der Waals surface area contributed by atoms with Crippen molar-refractivity contribution in [2.24, 2.45) is 0 Å². The van der Waals surface area contributed by atoms with Crippen molar-refractivity contribution < 1.29 is 19.4 Å². The van der Waals surface area contributed by atoms with Crippen molar-refractivity contribution >= 4 is 17.7 Å². The Morgan fingerprint density at radius 3 is 2.88 bits per heavy atom. The Hall–Kier alpha value is -1.04. The van der Waals surface area contributed by atoms with Crippen molar-refractivity contribution in [2.75, 3.05) is 12.4 Å². The molecule has 1 aromatic rings. The molecule has 0 spiro atoms. The van der Waals surface area contributed by atoms with Gasteiger partial charge in [0, 0.05) is 5.75 Å². The van der Waals surface area contributed by atoms with Gasteiger partial charge in [-0.2, -0.15) is 0 Å². The minimum absolute atomic E-state index is 0.162. The second kappa shape index (κ2) is 5.34. The van der Waals surface area contributed by atoms with Crippen LogP contribution in [-0.4, -0.2) is 35.2 Å². The predicted octanol–water partition coefficient (Wildman–Crippen LogP) is 1.25. The molecule has 0 saturated carbocycles. The summed E-state index contributed by atoms with van der Waals surface area (Å²) in [5, 5.41) is 9.10. The summed E-state index contributed by atoms with van der Waals surface area (Å²) in [6, 6.07) is 8.78. The van der Waals surface area contributed by atoms with Gasteiger partial charge in [0.1, 0.15) is 12.0 Å². The highest BCUT2D eigenvalue weighted by Crippen LogP contribution is 2.23. The zero-order chi connectivity index (χ0) is 11.4. The SMILES string of the molecule is O=C(OC[C@@H]1O[C@@H](O)CS1)c1ccccc1. The van der Waals surface area contributed by atoms with Crippen molar-refractivity contribution in [3.8, 4) is 0 Å². The molecule has 0 aromatic heterocycles. The van der Waals surface area contributed by atoms with Crippen molar-refractivity contribution in [3.63, 3.8) is 0 Å². The number of benzene rings is 1. The summed E-state index contributed by atoms with van der Waals surface area (Å²) in [6.07, 6.45) is -0.745. The van der Waals surface area contributed by atoms with Gasteiger partial charge in [-0.3, -0.25) is 0 Å². The molecule has 2 atom stereocenters. The van der Waals surface area contributed by atoms with Crippen LogP contribution in [0, 0.1) is 0 Å². The second-order valence-electron chi connectivity index (χ2n) is 3.32. The Labute approximate surface area is 97.6 Å². The largest absolute Gasteiger partial charge is 0.458 e. The highest BCUT2D eigenvalue weighted by molar-refractivity contribution is 8.00. The molecule has 0 unspecified atom stereocenters.